The Labute approximate surface area is 106 Å². The summed E-state index contributed by atoms with van der Waals surface area (Å²) >= 11 is 0. The van der Waals surface area contributed by atoms with Crippen LogP contribution in [0, 0.1) is 13.8 Å². The smallest absolute Gasteiger partial charge is 0.214 e. The molecule has 0 fully saturated rings. The Kier molecular flexibility index (Phi) is 3.50. The number of nitrogens with one attached hydrogen (secondary N) is 1. The van der Waals surface area contributed by atoms with Crippen molar-refractivity contribution < 1.29 is 9.26 Å². The molecule has 0 bridgehead atoms. The highest BCUT2D eigenvalue weighted by molar-refractivity contribution is 5.41. The van der Waals surface area contributed by atoms with Gasteiger partial charge in [0.1, 0.15) is 11.6 Å². The molecule has 1 unspecified atom stereocenters. The summed E-state index contributed by atoms with van der Waals surface area (Å²) in [6.45, 7) is 5.89. The predicted molar refractivity (Wildman–Crippen MR) is 68.8 cm³/mol. The van der Waals surface area contributed by atoms with Crippen LogP contribution in [-0.4, -0.2) is 17.3 Å². The molecule has 0 aromatic carbocycles. The van der Waals surface area contributed by atoms with Crippen LogP contribution in [0.2, 0.25) is 0 Å². The number of nitrogens with zero attached hydrogens (tertiary/aromatic N) is 2. The lowest BCUT2D eigenvalue weighted by Gasteiger charge is -2.14. The first-order chi connectivity index (χ1) is 8.61. The van der Waals surface area contributed by atoms with Gasteiger partial charge in [0.05, 0.1) is 18.8 Å². The number of aromatic nitrogens is 2. The van der Waals surface area contributed by atoms with E-state index >= 15 is 0 Å². The van der Waals surface area contributed by atoms with E-state index in [1.807, 2.05) is 39.0 Å². The van der Waals surface area contributed by atoms with Crippen molar-refractivity contribution in [1.29, 1.82) is 0 Å². The van der Waals surface area contributed by atoms with Crippen LogP contribution in [0.1, 0.15) is 30.0 Å². The molecule has 5 nitrogen and oxygen atoms in total. The van der Waals surface area contributed by atoms with Gasteiger partial charge >= 0.3 is 0 Å². The number of methoxy groups -OCH3 is 1. The maximum Gasteiger partial charge on any atom is 0.214 e. The Balaban J connectivity index is 2.18. The second-order valence-electron chi connectivity index (χ2n) is 4.17. The molecular weight excluding hydrogens is 230 g/mol. The first-order valence-corrected chi connectivity index (χ1v) is 5.82. The van der Waals surface area contributed by atoms with Gasteiger partial charge in [0, 0.05) is 11.6 Å². The molecule has 0 aliphatic carbocycles. The van der Waals surface area contributed by atoms with Crippen LogP contribution in [-0.2, 0) is 0 Å². The first kappa shape index (κ1) is 12.4. The van der Waals surface area contributed by atoms with Crippen molar-refractivity contribution in [2.45, 2.75) is 26.8 Å². The topological polar surface area (TPSA) is 60.2 Å². The Morgan fingerprint density at radius 3 is 2.72 bits per heavy atom. The highest BCUT2D eigenvalue weighted by atomic mass is 16.5. The SMILES string of the molecule is COc1cccc(NC(C)c2c(C)noc2C)n1. The van der Waals surface area contributed by atoms with Gasteiger partial charge in [-0.05, 0) is 26.8 Å². The largest absolute Gasteiger partial charge is 0.481 e. The molecule has 2 aromatic heterocycles. The van der Waals surface area contributed by atoms with Crippen LogP contribution in [0.25, 0.3) is 0 Å². The van der Waals surface area contributed by atoms with E-state index in [9.17, 15) is 0 Å². The fourth-order valence-electron chi connectivity index (χ4n) is 2.01. The lowest BCUT2D eigenvalue weighted by atomic mass is 10.1. The fraction of sp³-hybridized carbons (Fsp3) is 0.385. The molecule has 1 N–H and O–H groups in total. The van der Waals surface area contributed by atoms with E-state index in [2.05, 4.69) is 15.5 Å². The third-order valence-electron chi connectivity index (χ3n) is 2.82. The molecule has 2 aromatic rings. The van der Waals surface area contributed by atoms with Crippen molar-refractivity contribution >= 4 is 5.82 Å². The maximum absolute atomic E-state index is 5.16. The molecule has 0 amide bonds. The Bertz CT molecular complexity index is 517. The lowest BCUT2D eigenvalue weighted by molar-refractivity contribution is 0.392. The van der Waals surface area contributed by atoms with Gasteiger partial charge in [-0.2, -0.15) is 4.98 Å². The number of pyridine rings is 1. The average Bonchev–Trinajstić information content (AvgIpc) is 2.69. The normalized spacial score (nSPS) is 12.2. The molecule has 18 heavy (non-hydrogen) atoms. The standard InChI is InChI=1S/C13H17N3O2/c1-8(13-9(2)16-18-10(13)3)14-11-6-5-7-12(15-11)17-4/h5-8H,1-4H3,(H,14,15). The van der Waals surface area contributed by atoms with E-state index in [1.54, 1.807) is 7.11 Å². The number of hydrogen-bond donors (Lipinski definition) is 1. The van der Waals surface area contributed by atoms with Crippen LogP contribution in [0.5, 0.6) is 5.88 Å². The number of hydrogen-bond acceptors (Lipinski definition) is 5. The summed E-state index contributed by atoms with van der Waals surface area (Å²) in [6, 6.07) is 5.69. The number of aryl methyl sites for hydroxylation is 2. The minimum Gasteiger partial charge on any atom is -0.481 e. The van der Waals surface area contributed by atoms with Crippen LogP contribution in [0.3, 0.4) is 0 Å². The molecule has 0 saturated carbocycles. The third kappa shape index (κ3) is 2.45. The summed E-state index contributed by atoms with van der Waals surface area (Å²) in [5.41, 5.74) is 1.97. The van der Waals surface area contributed by atoms with Crippen molar-refractivity contribution in [3.8, 4) is 5.88 Å². The van der Waals surface area contributed by atoms with Crippen molar-refractivity contribution in [2.75, 3.05) is 12.4 Å². The predicted octanol–water partition coefficient (Wildman–Crippen LogP) is 2.87. The van der Waals surface area contributed by atoms with Gasteiger partial charge in [-0.1, -0.05) is 11.2 Å². The van der Waals surface area contributed by atoms with Gasteiger partial charge in [0.2, 0.25) is 5.88 Å². The molecule has 2 rings (SSSR count). The Morgan fingerprint density at radius 2 is 2.11 bits per heavy atom. The van der Waals surface area contributed by atoms with E-state index in [-0.39, 0.29) is 6.04 Å². The van der Waals surface area contributed by atoms with Crippen LogP contribution < -0.4 is 10.1 Å². The summed E-state index contributed by atoms with van der Waals surface area (Å²) in [6.07, 6.45) is 0. The van der Waals surface area contributed by atoms with Crippen molar-refractivity contribution in [3.05, 3.63) is 35.2 Å². The summed E-state index contributed by atoms with van der Waals surface area (Å²) in [4.78, 5) is 4.32. The number of rotatable bonds is 4. The highest BCUT2D eigenvalue weighted by Crippen LogP contribution is 2.24. The van der Waals surface area contributed by atoms with E-state index < -0.39 is 0 Å². The number of ether oxygens (including phenoxy) is 1. The fourth-order valence-corrected chi connectivity index (χ4v) is 2.01. The van der Waals surface area contributed by atoms with Crippen LogP contribution >= 0.6 is 0 Å². The second kappa shape index (κ2) is 5.08. The molecule has 0 aliphatic heterocycles. The molecule has 2 heterocycles. The summed E-state index contributed by atoms with van der Waals surface area (Å²) in [5.74, 6) is 2.18. The van der Waals surface area contributed by atoms with E-state index in [1.165, 1.54) is 0 Å². The Morgan fingerprint density at radius 1 is 1.33 bits per heavy atom. The number of anilines is 1. The minimum atomic E-state index is 0.0795. The molecule has 5 heteroatoms. The zero-order chi connectivity index (χ0) is 13.1. The molecule has 96 valence electrons. The third-order valence-corrected chi connectivity index (χ3v) is 2.82. The van der Waals surface area contributed by atoms with E-state index in [0.29, 0.717) is 5.88 Å². The van der Waals surface area contributed by atoms with Crippen LogP contribution in [0.4, 0.5) is 5.82 Å². The minimum absolute atomic E-state index is 0.0795. The van der Waals surface area contributed by atoms with Gasteiger partial charge in [-0.15, -0.1) is 0 Å². The maximum atomic E-state index is 5.16. The molecule has 1 atom stereocenters. The zero-order valence-electron chi connectivity index (χ0n) is 11.0. The van der Waals surface area contributed by atoms with Gasteiger partial charge in [-0.3, -0.25) is 0 Å². The van der Waals surface area contributed by atoms with Gasteiger partial charge in [0.15, 0.2) is 0 Å². The summed E-state index contributed by atoms with van der Waals surface area (Å²) in [5, 5.41) is 7.26. The Hall–Kier alpha value is -2.04. The molecular formula is C13H17N3O2. The van der Waals surface area contributed by atoms with E-state index in [4.69, 9.17) is 9.26 Å². The van der Waals surface area contributed by atoms with Gasteiger partial charge in [0.25, 0.3) is 0 Å². The zero-order valence-corrected chi connectivity index (χ0v) is 11.0. The van der Waals surface area contributed by atoms with Crippen molar-refractivity contribution in [1.82, 2.24) is 10.1 Å². The second-order valence-corrected chi connectivity index (χ2v) is 4.17. The van der Waals surface area contributed by atoms with Gasteiger partial charge in [-0.25, -0.2) is 0 Å². The van der Waals surface area contributed by atoms with Crippen LogP contribution in [0.15, 0.2) is 22.7 Å². The summed E-state index contributed by atoms with van der Waals surface area (Å²) < 4.78 is 10.3. The molecule has 0 radical (unpaired) electrons. The van der Waals surface area contributed by atoms with E-state index in [0.717, 1.165) is 22.8 Å². The quantitative estimate of drug-likeness (QED) is 0.900. The highest BCUT2D eigenvalue weighted by Gasteiger charge is 2.16. The van der Waals surface area contributed by atoms with Crippen molar-refractivity contribution in [3.63, 3.8) is 0 Å². The molecule has 0 aliphatic rings. The first-order valence-electron chi connectivity index (χ1n) is 5.82. The molecule has 0 saturated heterocycles. The average molecular weight is 247 g/mol. The van der Waals surface area contributed by atoms with Gasteiger partial charge < -0.3 is 14.6 Å². The molecule has 0 spiro atoms. The van der Waals surface area contributed by atoms with Crippen molar-refractivity contribution in [2.24, 2.45) is 0 Å². The lowest BCUT2D eigenvalue weighted by Crippen LogP contribution is -2.09. The monoisotopic (exact) mass is 247 g/mol. The summed E-state index contributed by atoms with van der Waals surface area (Å²) in [7, 11) is 1.60.